The highest BCUT2D eigenvalue weighted by atomic mass is 16.5. The first-order valence-corrected chi connectivity index (χ1v) is 8.55. The topological polar surface area (TPSA) is 67.9 Å². The lowest BCUT2D eigenvalue weighted by Crippen LogP contribution is -2.27. The smallest absolute Gasteiger partial charge is 0.255 e. The molecule has 0 saturated carbocycles. The van der Waals surface area contributed by atoms with Crippen LogP contribution in [-0.4, -0.2) is 44.0 Å². The van der Waals surface area contributed by atoms with Crippen LogP contribution in [0.15, 0.2) is 42.5 Å². The Labute approximate surface area is 152 Å². The summed E-state index contributed by atoms with van der Waals surface area (Å²) in [5, 5.41) is 2.82. The molecular formula is C20H22N2O4. The van der Waals surface area contributed by atoms with Gasteiger partial charge in [0.2, 0.25) is 0 Å². The van der Waals surface area contributed by atoms with Gasteiger partial charge in [-0.25, -0.2) is 0 Å². The van der Waals surface area contributed by atoms with Crippen LogP contribution in [0.2, 0.25) is 0 Å². The predicted molar refractivity (Wildman–Crippen MR) is 99.1 cm³/mol. The Morgan fingerprint density at radius 3 is 2.38 bits per heavy atom. The number of hydrogen-bond acceptors (Lipinski definition) is 4. The molecule has 1 heterocycles. The molecule has 2 amide bonds. The maximum absolute atomic E-state index is 12.6. The van der Waals surface area contributed by atoms with Gasteiger partial charge in [0.05, 0.1) is 19.9 Å². The molecule has 6 nitrogen and oxygen atoms in total. The summed E-state index contributed by atoms with van der Waals surface area (Å²) in [7, 11) is 3.09. The van der Waals surface area contributed by atoms with Crippen LogP contribution in [0.5, 0.6) is 11.5 Å². The summed E-state index contributed by atoms with van der Waals surface area (Å²) in [6, 6.07) is 11.9. The van der Waals surface area contributed by atoms with E-state index >= 15 is 0 Å². The molecule has 136 valence electrons. The van der Waals surface area contributed by atoms with E-state index in [1.54, 1.807) is 49.6 Å². The van der Waals surface area contributed by atoms with E-state index in [1.807, 2.05) is 4.90 Å². The van der Waals surface area contributed by atoms with Gasteiger partial charge < -0.3 is 19.7 Å². The van der Waals surface area contributed by atoms with Crippen molar-refractivity contribution < 1.29 is 19.1 Å². The average Bonchev–Trinajstić information content (AvgIpc) is 3.22. The second-order valence-electron chi connectivity index (χ2n) is 6.10. The van der Waals surface area contributed by atoms with Crippen molar-refractivity contribution in [2.45, 2.75) is 12.8 Å². The van der Waals surface area contributed by atoms with E-state index < -0.39 is 0 Å². The number of hydrogen-bond donors (Lipinski definition) is 1. The van der Waals surface area contributed by atoms with E-state index in [4.69, 9.17) is 9.47 Å². The second-order valence-corrected chi connectivity index (χ2v) is 6.10. The molecule has 0 spiro atoms. The molecule has 3 rings (SSSR count). The lowest BCUT2D eigenvalue weighted by molar-refractivity contribution is 0.0793. The zero-order chi connectivity index (χ0) is 18.5. The summed E-state index contributed by atoms with van der Waals surface area (Å²) in [5.74, 6) is 0.809. The van der Waals surface area contributed by atoms with Gasteiger partial charge in [-0.1, -0.05) is 6.07 Å². The molecule has 1 fully saturated rings. The van der Waals surface area contributed by atoms with Crippen LogP contribution in [0, 0.1) is 0 Å². The van der Waals surface area contributed by atoms with Gasteiger partial charge in [0.1, 0.15) is 11.5 Å². The lowest BCUT2D eigenvalue weighted by Gasteiger charge is -2.16. The van der Waals surface area contributed by atoms with E-state index in [1.165, 1.54) is 7.11 Å². The summed E-state index contributed by atoms with van der Waals surface area (Å²) >= 11 is 0. The molecule has 1 aliphatic heterocycles. The van der Waals surface area contributed by atoms with Crippen molar-refractivity contribution in [2.24, 2.45) is 0 Å². The van der Waals surface area contributed by atoms with Crippen molar-refractivity contribution in [2.75, 3.05) is 32.6 Å². The second kappa shape index (κ2) is 7.91. The Bertz CT molecular complexity index is 813. The van der Waals surface area contributed by atoms with Crippen LogP contribution >= 0.6 is 0 Å². The Morgan fingerprint density at radius 2 is 1.69 bits per heavy atom. The molecule has 0 atom stereocenters. The average molecular weight is 354 g/mol. The van der Waals surface area contributed by atoms with Gasteiger partial charge in [-0.3, -0.25) is 9.59 Å². The fraction of sp³-hybridized carbons (Fsp3) is 0.300. The molecule has 0 aliphatic carbocycles. The van der Waals surface area contributed by atoms with Gasteiger partial charge in [0.25, 0.3) is 11.8 Å². The third kappa shape index (κ3) is 3.79. The third-order valence-electron chi connectivity index (χ3n) is 4.42. The van der Waals surface area contributed by atoms with Crippen LogP contribution in [0.1, 0.15) is 33.6 Å². The van der Waals surface area contributed by atoms with E-state index in [-0.39, 0.29) is 11.8 Å². The Kier molecular flexibility index (Phi) is 5.41. The third-order valence-corrected chi connectivity index (χ3v) is 4.42. The highest BCUT2D eigenvalue weighted by molar-refractivity contribution is 6.06. The molecule has 26 heavy (non-hydrogen) atoms. The summed E-state index contributed by atoms with van der Waals surface area (Å²) in [4.78, 5) is 26.9. The zero-order valence-corrected chi connectivity index (χ0v) is 15.0. The molecule has 6 heteroatoms. The summed E-state index contributed by atoms with van der Waals surface area (Å²) in [5.41, 5.74) is 1.49. The standard InChI is InChI=1S/C20H22N2O4/c1-25-16-8-9-17(18(13-16)26-2)21-19(23)14-6-5-7-15(12-14)20(24)22-10-3-4-11-22/h5-9,12-13H,3-4,10-11H2,1-2H3,(H,21,23). The number of likely N-dealkylation sites (tertiary alicyclic amines) is 1. The van der Waals surface area contributed by atoms with Crippen molar-refractivity contribution in [3.8, 4) is 11.5 Å². The van der Waals surface area contributed by atoms with Crippen molar-refractivity contribution >= 4 is 17.5 Å². The summed E-state index contributed by atoms with van der Waals surface area (Å²) < 4.78 is 10.5. The number of methoxy groups -OCH3 is 2. The quantitative estimate of drug-likeness (QED) is 0.895. The number of carbonyl (C=O) groups excluding carboxylic acids is 2. The normalized spacial score (nSPS) is 13.4. The number of benzene rings is 2. The molecule has 0 aromatic heterocycles. The van der Waals surface area contributed by atoms with Gasteiger partial charge >= 0.3 is 0 Å². The highest BCUT2D eigenvalue weighted by Crippen LogP contribution is 2.29. The molecule has 2 aromatic carbocycles. The number of nitrogens with zero attached hydrogens (tertiary/aromatic N) is 1. The highest BCUT2D eigenvalue weighted by Gasteiger charge is 2.20. The van der Waals surface area contributed by atoms with Crippen LogP contribution in [-0.2, 0) is 0 Å². The fourth-order valence-electron chi connectivity index (χ4n) is 2.99. The van der Waals surface area contributed by atoms with E-state index in [0.29, 0.717) is 28.3 Å². The first kappa shape index (κ1) is 17.8. The summed E-state index contributed by atoms with van der Waals surface area (Å²) in [6.07, 6.45) is 2.06. The first-order chi connectivity index (χ1) is 12.6. The van der Waals surface area contributed by atoms with Crippen molar-refractivity contribution in [3.05, 3.63) is 53.6 Å². The van der Waals surface area contributed by atoms with Crippen LogP contribution < -0.4 is 14.8 Å². The zero-order valence-electron chi connectivity index (χ0n) is 15.0. The van der Waals surface area contributed by atoms with Crippen molar-refractivity contribution in [1.29, 1.82) is 0 Å². The number of amides is 2. The molecule has 0 unspecified atom stereocenters. The van der Waals surface area contributed by atoms with Crippen LogP contribution in [0.4, 0.5) is 5.69 Å². The molecule has 0 radical (unpaired) electrons. The Balaban J connectivity index is 1.78. The molecule has 1 aliphatic rings. The van der Waals surface area contributed by atoms with Gasteiger partial charge in [0, 0.05) is 30.3 Å². The first-order valence-electron chi connectivity index (χ1n) is 8.55. The SMILES string of the molecule is COc1ccc(NC(=O)c2cccc(C(=O)N3CCCC3)c2)c(OC)c1. The number of rotatable bonds is 5. The van der Waals surface area contributed by atoms with Gasteiger partial charge in [0.15, 0.2) is 0 Å². The lowest BCUT2D eigenvalue weighted by atomic mass is 10.1. The van der Waals surface area contributed by atoms with Gasteiger partial charge in [-0.15, -0.1) is 0 Å². The largest absolute Gasteiger partial charge is 0.497 e. The monoisotopic (exact) mass is 354 g/mol. The fourth-order valence-corrected chi connectivity index (χ4v) is 2.99. The number of carbonyl (C=O) groups is 2. The van der Waals surface area contributed by atoms with Crippen LogP contribution in [0.3, 0.4) is 0 Å². The van der Waals surface area contributed by atoms with E-state index in [2.05, 4.69) is 5.32 Å². The minimum Gasteiger partial charge on any atom is -0.497 e. The van der Waals surface area contributed by atoms with E-state index in [0.717, 1.165) is 25.9 Å². The van der Waals surface area contributed by atoms with Crippen molar-refractivity contribution in [1.82, 2.24) is 4.90 Å². The van der Waals surface area contributed by atoms with Crippen LogP contribution in [0.25, 0.3) is 0 Å². The Hall–Kier alpha value is -3.02. The number of anilines is 1. The maximum Gasteiger partial charge on any atom is 0.255 e. The maximum atomic E-state index is 12.6. The van der Waals surface area contributed by atoms with E-state index in [9.17, 15) is 9.59 Å². The van der Waals surface area contributed by atoms with Gasteiger partial charge in [-0.05, 0) is 43.2 Å². The molecule has 1 N–H and O–H groups in total. The number of nitrogens with one attached hydrogen (secondary N) is 1. The molecule has 0 bridgehead atoms. The Morgan fingerprint density at radius 1 is 0.962 bits per heavy atom. The minimum absolute atomic E-state index is 0.0285. The molecule has 2 aromatic rings. The van der Waals surface area contributed by atoms with Gasteiger partial charge in [-0.2, -0.15) is 0 Å². The summed E-state index contributed by atoms with van der Waals surface area (Å²) in [6.45, 7) is 1.55. The minimum atomic E-state index is -0.301. The molecule has 1 saturated heterocycles. The predicted octanol–water partition coefficient (Wildman–Crippen LogP) is 3.19. The molecular weight excluding hydrogens is 332 g/mol. The number of ether oxygens (including phenoxy) is 2. The van der Waals surface area contributed by atoms with Crippen molar-refractivity contribution in [3.63, 3.8) is 0 Å².